The highest BCUT2D eigenvalue weighted by molar-refractivity contribution is 9.10. The first-order chi connectivity index (χ1) is 13.1. The summed E-state index contributed by atoms with van der Waals surface area (Å²) >= 11 is 4.91. The number of halogens is 1. The molecule has 27 heavy (non-hydrogen) atoms. The molecule has 0 saturated carbocycles. The number of aromatic nitrogens is 4. The molecule has 9 heteroatoms. The van der Waals surface area contributed by atoms with Gasteiger partial charge in [0.2, 0.25) is 5.16 Å². The molecule has 0 aliphatic carbocycles. The Morgan fingerprint density at radius 2 is 1.74 bits per heavy atom. The van der Waals surface area contributed by atoms with E-state index in [-0.39, 0.29) is 5.69 Å². The van der Waals surface area contributed by atoms with Gasteiger partial charge >= 0.3 is 0 Å². The molecule has 0 N–H and O–H groups in total. The monoisotopic (exact) mass is 441 g/mol. The van der Waals surface area contributed by atoms with Crippen molar-refractivity contribution in [2.75, 3.05) is 0 Å². The molecule has 7 nitrogen and oxygen atoms in total. The molecule has 0 saturated heterocycles. The molecule has 2 aromatic carbocycles. The number of fused-ring (bicyclic) bond motifs is 1. The molecule has 0 fully saturated rings. The number of hydrogen-bond acceptors (Lipinski definition) is 6. The Labute approximate surface area is 166 Å². The number of rotatable bonds is 5. The summed E-state index contributed by atoms with van der Waals surface area (Å²) in [7, 11) is 0. The fourth-order valence-electron chi connectivity index (χ4n) is 2.50. The quantitative estimate of drug-likeness (QED) is 0.252. The van der Waals surface area contributed by atoms with Crippen LogP contribution in [0.25, 0.3) is 16.9 Å². The summed E-state index contributed by atoms with van der Waals surface area (Å²) in [6.07, 6.45) is 0. The van der Waals surface area contributed by atoms with Crippen molar-refractivity contribution in [3.63, 3.8) is 0 Å². The van der Waals surface area contributed by atoms with Crippen molar-refractivity contribution in [1.82, 2.24) is 19.8 Å². The summed E-state index contributed by atoms with van der Waals surface area (Å²) in [4.78, 5) is 10.3. The van der Waals surface area contributed by atoms with Crippen LogP contribution in [-0.4, -0.2) is 24.7 Å². The van der Waals surface area contributed by atoms with Crippen LogP contribution in [-0.2, 0) is 5.75 Å². The van der Waals surface area contributed by atoms with Gasteiger partial charge in [0.1, 0.15) is 0 Å². The standard InChI is InChI=1S/C18H12BrN5O2S/c19-14-5-3-13(4-6-14)16-9-10-17-20-21-18(23(17)22-16)27-11-12-1-7-15(8-2-12)24(25)26/h1-10H,11H2. The van der Waals surface area contributed by atoms with Gasteiger partial charge in [-0.1, -0.05) is 52.0 Å². The highest BCUT2D eigenvalue weighted by Crippen LogP contribution is 2.25. The predicted octanol–water partition coefficient (Wildman–Crippen LogP) is 4.75. The molecular formula is C18H12BrN5O2S. The van der Waals surface area contributed by atoms with E-state index >= 15 is 0 Å². The van der Waals surface area contributed by atoms with E-state index < -0.39 is 4.92 Å². The normalized spacial score (nSPS) is 11.0. The van der Waals surface area contributed by atoms with Gasteiger partial charge in [0.15, 0.2) is 5.65 Å². The fourth-order valence-corrected chi connectivity index (χ4v) is 3.60. The summed E-state index contributed by atoms with van der Waals surface area (Å²) in [6.45, 7) is 0. The Bertz CT molecular complexity index is 1110. The largest absolute Gasteiger partial charge is 0.269 e. The minimum absolute atomic E-state index is 0.0810. The van der Waals surface area contributed by atoms with E-state index in [1.165, 1.54) is 23.9 Å². The molecule has 134 valence electrons. The second-order valence-corrected chi connectivity index (χ2v) is 7.55. The van der Waals surface area contributed by atoms with E-state index in [1.54, 1.807) is 16.6 Å². The molecule has 0 radical (unpaired) electrons. The Hall–Kier alpha value is -2.78. The van der Waals surface area contributed by atoms with E-state index in [2.05, 4.69) is 31.2 Å². The number of hydrogen-bond donors (Lipinski definition) is 0. The lowest BCUT2D eigenvalue weighted by molar-refractivity contribution is -0.384. The SMILES string of the molecule is O=[N+]([O-])c1ccc(CSc2nnc3ccc(-c4ccc(Br)cc4)nn23)cc1. The Kier molecular flexibility index (Phi) is 4.87. The highest BCUT2D eigenvalue weighted by Gasteiger charge is 2.10. The molecule has 0 amide bonds. The van der Waals surface area contributed by atoms with Crippen LogP contribution in [0.3, 0.4) is 0 Å². The Balaban J connectivity index is 1.57. The smallest absolute Gasteiger partial charge is 0.258 e. The average Bonchev–Trinajstić information content (AvgIpc) is 3.09. The summed E-state index contributed by atoms with van der Waals surface area (Å²) in [5.41, 5.74) is 3.54. The molecular weight excluding hydrogens is 430 g/mol. The first-order valence-corrected chi connectivity index (χ1v) is 9.72. The molecule has 0 spiro atoms. The summed E-state index contributed by atoms with van der Waals surface area (Å²) in [5, 5.41) is 24.4. The topological polar surface area (TPSA) is 86.2 Å². The molecule has 0 aliphatic heterocycles. The predicted molar refractivity (Wildman–Crippen MR) is 107 cm³/mol. The zero-order chi connectivity index (χ0) is 18.8. The number of nitrogens with zero attached hydrogens (tertiary/aromatic N) is 5. The zero-order valence-corrected chi connectivity index (χ0v) is 16.2. The van der Waals surface area contributed by atoms with E-state index in [0.717, 1.165) is 21.3 Å². The molecule has 0 bridgehead atoms. The molecule has 0 unspecified atom stereocenters. The molecule has 2 aromatic heterocycles. The molecule has 0 atom stereocenters. The first-order valence-electron chi connectivity index (χ1n) is 7.95. The maximum absolute atomic E-state index is 10.7. The van der Waals surface area contributed by atoms with Crippen LogP contribution in [0.1, 0.15) is 5.56 Å². The summed E-state index contributed by atoms with van der Waals surface area (Å²) in [5.74, 6) is 0.614. The summed E-state index contributed by atoms with van der Waals surface area (Å²) < 4.78 is 2.73. The van der Waals surface area contributed by atoms with E-state index in [9.17, 15) is 10.1 Å². The Morgan fingerprint density at radius 1 is 1.00 bits per heavy atom. The van der Waals surface area contributed by atoms with Crippen LogP contribution in [0.5, 0.6) is 0 Å². The number of nitro groups is 1. The zero-order valence-electron chi connectivity index (χ0n) is 13.8. The second-order valence-electron chi connectivity index (χ2n) is 5.69. The van der Waals surface area contributed by atoms with Crippen molar-refractivity contribution in [3.05, 3.63) is 80.8 Å². The van der Waals surface area contributed by atoms with Crippen molar-refractivity contribution in [2.24, 2.45) is 0 Å². The van der Waals surface area contributed by atoms with Crippen LogP contribution >= 0.6 is 27.7 Å². The third kappa shape index (κ3) is 3.83. The van der Waals surface area contributed by atoms with Gasteiger partial charge in [0.05, 0.1) is 10.6 Å². The fraction of sp³-hybridized carbons (Fsp3) is 0.0556. The van der Waals surface area contributed by atoms with Gasteiger partial charge in [-0.15, -0.1) is 10.2 Å². The van der Waals surface area contributed by atoms with Gasteiger partial charge in [-0.05, 0) is 29.8 Å². The third-order valence-electron chi connectivity index (χ3n) is 3.89. The highest BCUT2D eigenvalue weighted by atomic mass is 79.9. The maximum atomic E-state index is 10.7. The van der Waals surface area contributed by atoms with Crippen LogP contribution in [0.15, 0.2) is 70.3 Å². The second kappa shape index (κ2) is 7.45. The van der Waals surface area contributed by atoms with Gasteiger partial charge in [-0.2, -0.15) is 9.61 Å². The minimum atomic E-state index is -0.406. The lowest BCUT2D eigenvalue weighted by atomic mass is 10.1. The lowest BCUT2D eigenvalue weighted by Gasteiger charge is -2.04. The van der Waals surface area contributed by atoms with Crippen molar-refractivity contribution in [3.8, 4) is 11.3 Å². The maximum Gasteiger partial charge on any atom is 0.269 e. The average molecular weight is 442 g/mol. The minimum Gasteiger partial charge on any atom is -0.258 e. The van der Waals surface area contributed by atoms with Gasteiger partial charge in [0.25, 0.3) is 5.69 Å². The van der Waals surface area contributed by atoms with Gasteiger partial charge in [-0.3, -0.25) is 10.1 Å². The molecule has 4 rings (SSSR count). The third-order valence-corrected chi connectivity index (χ3v) is 5.41. The van der Waals surface area contributed by atoms with Crippen molar-refractivity contribution < 1.29 is 4.92 Å². The van der Waals surface area contributed by atoms with E-state index in [0.29, 0.717) is 16.6 Å². The van der Waals surface area contributed by atoms with Crippen LogP contribution in [0.2, 0.25) is 0 Å². The molecule has 4 aromatic rings. The Morgan fingerprint density at radius 3 is 2.44 bits per heavy atom. The van der Waals surface area contributed by atoms with Crippen LogP contribution in [0.4, 0.5) is 5.69 Å². The molecule has 2 heterocycles. The number of non-ortho nitro benzene ring substituents is 1. The van der Waals surface area contributed by atoms with E-state index in [1.807, 2.05) is 36.4 Å². The molecule has 0 aliphatic rings. The van der Waals surface area contributed by atoms with Crippen molar-refractivity contribution >= 4 is 39.0 Å². The van der Waals surface area contributed by atoms with E-state index in [4.69, 9.17) is 0 Å². The van der Waals surface area contributed by atoms with Crippen molar-refractivity contribution in [2.45, 2.75) is 10.9 Å². The number of thioether (sulfide) groups is 1. The summed E-state index contributed by atoms with van der Waals surface area (Å²) in [6, 6.07) is 18.2. The van der Waals surface area contributed by atoms with Crippen molar-refractivity contribution in [1.29, 1.82) is 0 Å². The van der Waals surface area contributed by atoms with Crippen LogP contribution < -0.4 is 0 Å². The van der Waals surface area contributed by atoms with Crippen LogP contribution in [0, 0.1) is 10.1 Å². The first kappa shape index (κ1) is 17.6. The lowest BCUT2D eigenvalue weighted by Crippen LogP contribution is -1.96. The van der Waals surface area contributed by atoms with Gasteiger partial charge < -0.3 is 0 Å². The van der Waals surface area contributed by atoms with Gasteiger partial charge in [0, 0.05) is 27.9 Å². The number of benzene rings is 2. The van der Waals surface area contributed by atoms with Gasteiger partial charge in [-0.25, -0.2) is 0 Å². The number of nitro benzene ring substituents is 1.